The molecular formula is C14H17ClN2O2. The highest BCUT2D eigenvalue weighted by Crippen LogP contribution is 2.27. The SMILES string of the molecule is Cc1ccc(OCc2ncc(Cl)n2C)c(C(C)O)c1. The summed E-state index contributed by atoms with van der Waals surface area (Å²) in [5, 5.41) is 10.3. The Bertz CT molecular complexity index is 579. The molecule has 0 aliphatic rings. The van der Waals surface area contributed by atoms with E-state index in [0.29, 0.717) is 17.5 Å². The Morgan fingerprint density at radius 3 is 2.79 bits per heavy atom. The van der Waals surface area contributed by atoms with E-state index in [4.69, 9.17) is 16.3 Å². The number of nitrogens with zero attached hydrogens (tertiary/aromatic N) is 2. The van der Waals surface area contributed by atoms with Crippen molar-refractivity contribution < 1.29 is 9.84 Å². The maximum absolute atomic E-state index is 9.76. The molecule has 0 radical (unpaired) electrons. The summed E-state index contributed by atoms with van der Waals surface area (Å²) in [5.41, 5.74) is 1.86. The second-order valence-electron chi connectivity index (χ2n) is 4.56. The lowest BCUT2D eigenvalue weighted by Crippen LogP contribution is -2.06. The van der Waals surface area contributed by atoms with E-state index in [-0.39, 0.29) is 0 Å². The quantitative estimate of drug-likeness (QED) is 0.936. The van der Waals surface area contributed by atoms with E-state index in [1.54, 1.807) is 17.7 Å². The first-order valence-corrected chi connectivity index (χ1v) is 6.44. The number of aliphatic hydroxyl groups is 1. The molecule has 4 nitrogen and oxygen atoms in total. The molecule has 0 spiro atoms. The number of aromatic nitrogens is 2. The molecule has 102 valence electrons. The lowest BCUT2D eigenvalue weighted by atomic mass is 10.1. The number of hydrogen-bond donors (Lipinski definition) is 1. The molecule has 19 heavy (non-hydrogen) atoms. The van der Waals surface area contributed by atoms with Crippen molar-refractivity contribution in [2.45, 2.75) is 26.6 Å². The van der Waals surface area contributed by atoms with E-state index in [2.05, 4.69) is 4.98 Å². The fourth-order valence-corrected chi connectivity index (χ4v) is 1.97. The number of imidazole rings is 1. The molecule has 1 unspecified atom stereocenters. The van der Waals surface area contributed by atoms with Crippen LogP contribution in [0, 0.1) is 6.92 Å². The topological polar surface area (TPSA) is 47.3 Å². The third kappa shape index (κ3) is 3.08. The highest BCUT2D eigenvalue weighted by Gasteiger charge is 2.11. The largest absolute Gasteiger partial charge is 0.485 e. The summed E-state index contributed by atoms with van der Waals surface area (Å²) in [5.74, 6) is 1.40. The summed E-state index contributed by atoms with van der Waals surface area (Å²) < 4.78 is 7.49. The Kier molecular flexibility index (Phi) is 4.12. The maximum Gasteiger partial charge on any atom is 0.147 e. The van der Waals surface area contributed by atoms with Gasteiger partial charge in [-0.05, 0) is 26.0 Å². The minimum atomic E-state index is -0.570. The number of aliphatic hydroxyl groups excluding tert-OH is 1. The first-order valence-electron chi connectivity index (χ1n) is 6.06. The fraction of sp³-hybridized carbons (Fsp3) is 0.357. The van der Waals surface area contributed by atoms with Crippen molar-refractivity contribution in [3.63, 3.8) is 0 Å². The summed E-state index contributed by atoms with van der Waals surface area (Å²) in [6.07, 6.45) is 1.02. The Labute approximate surface area is 117 Å². The van der Waals surface area contributed by atoms with Gasteiger partial charge in [0.25, 0.3) is 0 Å². The van der Waals surface area contributed by atoms with Gasteiger partial charge >= 0.3 is 0 Å². The molecule has 5 heteroatoms. The molecule has 0 fully saturated rings. The van der Waals surface area contributed by atoms with Crippen molar-refractivity contribution in [2.75, 3.05) is 0 Å². The second kappa shape index (κ2) is 5.63. The van der Waals surface area contributed by atoms with Gasteiger partial charge in [-0.3, -0.25) is 0 Å². The fourth-order valence-electron chi connectivity index (χ4n) is 1.83. The molecule has 2 aromatic rings. The lowest BCUT2D eigenvalue weighted by Gasteiger charge is -2.14. The van der Waals surface area contributed by atoms with Crippen molar-refractivity contribution in [3.05, 3.63) is 46.5 Å². The minimum Gasteiger partial charge on any atom is -0.485 e. The Morgan fingerprint density at radius 2 is 2.21 bits per heavy atom. The molecule has 0 aliphatic heterocycles. The summed E-state index contributed by atoms with van der Waals surface area (Å²) in [7, 11) is 1.83. The van der Waals surface area contributed by atoms with Gasteiger partial charge in [0.05, 0.1) is 12.3 Å². The molecule has 1 N–H and O–H groups in total. The minimum absolute atomic E-state index is 0.312. The zero-order valence-corrected chi connectivity index (χ0v) is 12.0. The van der Waals surface area contributed by atoms with Gasteiger partial charge in [-0.1, -0.05) is 23.2 Å². The van der Waals surface area contributed by atoms with Gasteiger partial charge < -0.3 is 14.4 Å². The lowest BCUT2D eigenvalue weighted by molar-refractivity contribution is 0.189. The van der Waals surface area contributed by atoms with Crippen LogP contribution in [-0.2, 0) is 13.7 Å². The number of benzene rings is 1. The second-order valence-corrected chi connectivity index (χ2v) is 4.95. The van der Waals surface area contributed by atoms with Gasteiger partial charge in [0, 0.05) is 12.6 Å². The van der Waals surface area contributed by atoms with Crippen molar-refractivity contribution in [1.29, 1.82) is 0 Å². The standard InChI is InChI=1S/C14H17ClN2O2/c1-9-4-5-12(11(6-9)10(2)18)19-8-14-16-7-13(15)17(14)3/h4-7,10,18H,8H2,1-3H3. The van der Waals surface area contributed by atoms with E-state index in [9.17, 15) is 5.11 Å². The van der Waals surface area contributed by atoms with E-state index >= 15 is 0 Å². The highest BCUT2D eigenvalue weighted by atomic mass is 35.5. The van der Waals surface area contributed by atoms with E-state index in [1.165, 1.54) is 0 Å². The van der Waals surface area contributed by atoms with E-state index < -0.39 is 6.10 Å². The molecule has 0 amide bonds. The van der Waals surface area contributed by atoms with Crippen LogP contribution in [0.3, 0.4) is 0 Å². The van der Waals surface area contributed by atoms with Crippen LogP contribution in [0.4, 0.5) is 0 Å². The molecule has 0 aliphatic carbocycles. The summed E-state index contributed by atoms with van der Waals surface area (Å²) in [6, 6.07) is 5.74. The van der Waals surface area contributed by atoms with Crippen molar-refractivity contribution in [2.24, 2.45) is 7.05 Å². The van der Waals surface area contributed by atoms with Gasteiger partial charge in [0.1, 0.15) is 23.3 Å². The molecule has 0 saturated carbocycles. The van der Waals surface area contributed by atoms with Crippen molar-refractivity contribution in [3.8, 4) is 5.75 Å². The molecule has 0 saturated heterocycles. The number of ether oxygens (including phenoxy) is 1. The van der Waals surface area contributed by atoms with Crippen LogP contribution in [0.2, 0.25) is 5.15 Å². The Balaban J connectivity index is 2.17. The predicted octanol–water partition coefficient (Wildman–Crippen LogP) is 3.01. The van der Waals surface area contributed by atoms with Crippen LogP contribution >= 0.6 is 11.6 Å². The van der Waals surface area contributed by atoms with Crippen LogP contribution in [0.25, 0.3) is 0 Å². The zero-order chi connectivity index (χ0) is 14.0. The third-order valence-corrected chi connectivity index (χ3v) is 3.35. The molecule has 1 aromatic carbocycles. The Hall–Kier alpha value is -1.52. The average Bonchev–Trinajstić information content (AvgIpc) is 2.68. The average molecular weight is 281 g/mol. The van der Waals surface area contributed by atoms with Gasteiger partial charge in [-0.15, -0.1) is 0 Å². The monoisotopic (exact) mass is 280 g/mol. The number of halogens is 1. The van der Waals surface area contributed by atoms with Crippen LogP contribution in [0.5, 0.6) is 5.75 Å². The van der Waals surface area contributed by atoms with Crippen LogP contribution in [0.1, 0.15) is 30.0 Å². The smallest absolute Gasteiger partial charge is 0.147 e. The predicted molar refractivity (Wildman–Crippen MR) is 74.4 cm³/mol. The van der Waals surface area contributed by atoms with Crippen molar-refractivity contribution in [1.82, 2.24) is 9.55 Å². The molecule has 1 atom stereocenters. The van der Waals surface area contributed by atoms with Gasteiger partial charge in [0.2, 0.25) is 0 Å². The first-order chi connectivity index (χ1) is 8.99. The first kappa shape index (κ1) is 13.9. The van der Waals surface area contributed by atoms with Crippen LogP contribution < -0.4 is 4.74 Å². The Morgan fingerprint density at radius 1 is 1.47 bits per heavy atom. The number of aryl methyl sites for hydroxylation is 1. The maximum atomic E-state index is 9.76. The van der Waals surface area contributed by atoms with Crippen LogP contribution in [-0.4, -0.2) is 14.7 Å². The molecule has 0 bridgehead atoms. The van der Waals surface area contributed by atoms with Crippen LogP contribution in [0.15, 0.2) is 24.4 Å². The summed E-state index contributed by atoms with van der Waals surface area (Å²) >= 11 is 5.92. The van der Waals surface area contributed by atoms with Gasteiger partial charge in [0.15, 0.2) is 0 Å². The number of rotatable bonds is 4. The third-order valence-electron chi connectivity index (χ3n) is 3.00. The van der Waals surface area contributed by atoms with Gasteiger partial charge in [-0.2, -0.15) is 0 Å². The molecular weight excluding hydrogens is 264 g/mol. The molecule has 1 heterocycles. The molecule has 2 rings (SSSR count). The normalized spacial score (nSPS) is 12.5. The van der Waals surface area contributed by atoms with Gasteiger partial charge in [-0.25, -0.2) is 4.98 Å². The van der Waals surface area contributed by atoms with E-state index in [1.807, 2.05) is 32.2 Å². The summed E-state index contributed by atoms with van der Waals surface area (Å²) in [6.45, 7) is 4.01. The summed E-state index contributed by atoms with van der Waals surface area (Å²) in [4.78, 5) is 4.17. The van der Waals surface area contributed by atoms with E-state index in [0.717, 1.165) is 17.0 Å². The van der Waals surface area contributed by atoms with Crippen molar-refractivity contribution >= 4 is 11.6 Å². The number of hydrogen-bond acceptors (Lipinski definition) is 3. The zero-order valence-electron chi connectivity index (χ0n) is 11.2. The molecule has 1 aromatic heterocycles. The highest BCUT2D eigenvalue weighted by molar-refractivity contribution is 6.29.